The first-order valence-electron chi connectivity index (χ1n) is 8.12. The maximum Gasteiger partial charge on any atom is 0.416 e. The van der Waals surface area contributed by atoms with Crippen molar-refractivity contribution in [1.82, 2.24) is 15.1 Å². The number of alkyl halides is 3. The third-order valence-corrected chi connectivity index (χ3v) is 3.95. The molecular weight excluding hydrogens is 378 g/mol. The second kappa shape index (κ2) is 7.71. The molecule has 0 saturated carbocycles. The fourth-order valence-electron chi connectivity index (χ4n) is 2.60. The Kier molecular flexibility index (Phi) is 5.34. The largest absolute Gasteiger partial charge is 0.493 e. The molecule has 2 aromatic carbocycles. The number of methoxy groups -OCH3 is 1. The summed E-state index contributed by atoms with van der Waals surface area (Å²) in [6.45, 7) is -0.449. The SMILES string of the molecule is COc1cn(-c2ccccc2)nc1C(=O)NCc1ccc(F)cc1C(F)(F)F. The van der Waals surface area contributed by atoms with Crippen LogP contribution in [-0.4, -0.2) is 22.8 Å². The van der Waals surface area contributed by atoms with Gasteiger partial charge in [-0.15, -0.1) is 0 Å². The van der Waals surface area contributed by atoms with E-state index in [0.29, 0.717) is 11.8 Å². The molecule has 1 N–H and O–H groups in total. The van der Waals surface area contributed by atoms with Crippen LogP contribution in [0.4, 0.5) is 17.6 Å². The van der Waals surface area contributed by atoms with Crippen LogP contribution in [0.1, 0.15) is 21.6 Å². The summed E-state index contributed by atoms with van der Waals surface area (Å²) in [6, 6.07) is 11.2. The van der Waals surface area contributed by atoms with Gasteiger partial charge in [0, 0.05) is 6.54 Å². The maximum atomic E-state index is 13.2. The van der Waals surface area contributed by atoms with Crippen LogP contribution in [-0.2, 0) is 12.7 Å². The number of para-hydroxylation sites is 1. The Morgan fingerprint density at radius 2 is 1.89 bits per heavy atom. The maximum absolute atomic E-state index is 13.2. The van der Waals surface area contributed by atoms with Gasteiger partial charge in [-0.25, -0.2) is 9.07 Å². The lowest BCUT2D eigenvalue weighted by Gasteiger charge is -2.13. The molecule has 0 aliphatic heterocycles. The monoisotopic (exact) mass is 393 g/mol. The second-order valence-corrected chi connectivity index (χ2v) is 5.81. The van der Waals surface area contributed by atoms with Crippen molar-refractivity contribution < 1.29 is 27.1 Å². The highest BCUT2D eigenvalue weighted by Gasteiger charge is 2.34. The van der Waals surface area contributed by atoms with E-state index in [1.54, 1.807) is 24.3 Å². The highest BCUT2D eigenvalue weighted by atomic mass is 19.4. The molecule has 0 unspecified atom stereocenters. The molecule has 3 aromatic rings. The molecule has 28 heavy (non-hydrogen) atoms. The molecule has 0 saturated heterocycles. The molecule has 0 aliphatic carbocycles. The molecule has 0 atom stereocenters. The molecule has 0 spiro atoms. The number of rotatable bonds is 5. The van der Waals surface area contributed by atoms with E-state index in [9.17, 15) is 22.4 Å². The first-order valence-corrected chi connectivity index (χ1v) is 8.12. The standard InChI is InChI=1S/C19H15F4N3O2/c1-28-16-11-26(14-5-3-2-4-6-14)25-17(16)18(27)24-10-12-7-8-13(20)9-15(12)19(21,22)23/h2-9,11H,10H2,1H3,(H,24,27). The van der Waals surface area contributed by atoms with Crippen LogP contribution >= 0.6 is 0 Å². The van der Waals surface area contributed by atoms with Crippen molar-refractivity contribution in [2.45, 2.75) is 12.7 Å². The van der Waals surface area contributed by atoms with Gasteiger partial charge in [-0.2, -0.15) is 18.3 Å². The average Bonchev–Trinajstić information content (AvgIpc) is 3.11. The summed E-state index contributed by atoms with van der Waals surface area (Å²) in [5, 5.41) is 6.52. The second-order valence-electron chi connectivity index (χ2n) is 5.81. The van der Waals surface area contributed by atoms with Crippen molar-refractivity contribution in [1.29, 1.82) is 0 Å². The number of nitrogens with one attached hydrogen (secondary N) is 1. The predicted molar refractivity (Wildman–Crippen MR) is 92.7 cm³/mol. The predicted octanol–water partition coefficient (Wildman–Crippen LogP) is 3.97. The Balaban J connectivity index is 1.82. The fourth-order valence-corrected chi connectivity index (χ4v) is 2.60. The Hall–Kier alpha value is -3.36. The highest BCUT2D eigenvalue weighted by molar-refractivity contribution is 5.94. The van der Waals surface area contributed by atoms with Gasteiger partial charge in [0.15, 0.2) is 11.4 Å². The first kappa shape index (κ1) is 19.4. The number of carbonyl (C=O) groups is 1. The van der Waals surface area contributed by atoms with Crippen molar-refractivity contribution in [3.8, 4) is 11.4 Å². The molecule has 0 aliphatic rings. The van der Waals surface area contributed by atoms with Crippen LogP contribution in [0.15, 0.2) is 54.7 Å². The van der Waals surface area contributed by atoms with Gasteiger partial charge in [-0.3, -0.25) is 4.79 Å². The average molecular weight is 393 g/mol. The van der Waals surface area contributed by atoms with Gasteiger partial charge in [-0.05, 0) is 29.8 Å². The molecular formula is C19H15F4N3O2. The van der Waals surface area contributed by atoms with Crippen LogP contribution in [0.25, 0.3) is 5.69 Å². The van der Waals surface area contributed by atoms with Crippen molar-refractivity contribution in [2.24, 2.45) is 0 Å². The van der Waals surface area contributed by atoms with Crippen molar-refractivity contribution in [3.05, 3.63) is 77.4 Å². The fraction of sp³-hybridized carbons (Fsp3) is 0.158. The Morgan fingerprint density at radius 1 is 1.18 bits per heavy atom. The highest BCUT2D eigenvalue weighted by Crippen LogP contribution is 2.32. The Bertz CT molecular complexity index is 985. The van der Waals surface area contributed by atoms with E-state index in [1.165, 1.54) is 18.0 Å². The van der Waals surface area contributed by atoms with Gasteiger partial charge in [0.25, 0.3) is 5.91 Å². The zero-order chi connectivity index (χ0) is 20.3. The lowest BCUT2D eigenvalue weighted by molar-refractivity contribution is -0.138. The summed E-state index contributed by atoms with van der Waals surface area (Å²) in [6.07, 6.45) is -3.25. The summed E-state index contributed by atoms with van der Waals surface area (Å²) < 4.78 is 59.0. The lowest BCUT2D eigenvalue weighted by atomic mass is 10.1. The quantitative estimate of drug-likeness (QED) is 0.668. The molecule has 0 radical (unpaired) electrons. The third kappa shape index (κ3) is 4.13. The molecule has 0 fully saturated rings. The van der Waals surface area contributed by atoms with E-state index in [4.69, 9.17) is 4.74 Å². The van der Waals surface area contributed by atoms with E-state index >= 15 is 0 Å². The molecule has 3 rings (SSSR count). The van der Waals surface area contributed by atoms with Crippen LogP contribution in [0, 0.1) is 5.82 Å². The van der Waals surface area contributed by atoms with Crippen LogP contribution in [0.2, 0.25) is 0 Å². The zero-order valence-electron chi connectivity index (χ0n) is 14.6. The van der Waals surface area contributed by atoms with Crippen LogP contribution in [0.5, 0.6) is 5.75 Å². The van der Waals surface area contributed by atoms with Gasteiger partial charge in [0.05, 0.1) is 24.6 Å². The Labute approximate surface area is 157 Å². The summed E-state index contributed by atoms with van der Waals surface area (Å²) in [5.74, 6) is -1.56. The number of amides is 1. The number of hydrogen-bond acceptors (Lipinski definition) is 3. The van der Waals surface area contributed by atoms with E-state index in [2.05, 4.69) is 10.4 Å². The van der Waals surface area contributed by atoms with E-state index in [-0.39, 0.29) is 17.0 Å². The van der Waals surface area contributed by atoms with E-state index < -0.39 is 30.0 Å². The van der Waals surface area contributed by atoms with Gasteiger partial charge >= 0.3 is 6.18 Å². The third-order valence-electron chi connectivity index (χ3n) is 3.95. The summed E-state index contributed by atoms with van der Waals surface area (Å²) in [7, 11) is 1.35. The molecule has 146 valence electrons. The molecule has 0 bridgehead atoms. The van der Waals surface area contributed by atoms with Crippen LogP contribution in [0.3, 0.4) is 0 Å². The molecule has 1 heterocycles. The molecule has 1 aromatic heterocycles. The summed E-state index contributed by atoms with van der Waals surface area (Å²) in [4.78, 5) is 12.4. The minimum Gasteiger partial charge on any atom is -0.493 e. The zero-order valence-corrected chi connectivity index (χ0v) is 14.6. The smallest absolute Gasteiger partial charge is 0.416 e. The van der Waals surface area contributed by atoms with Gasteiger partial charge in [-0.1, -0.05) is 24.3 Å². The van der Waals surface area contributed by atoms with Crippen LogP contribution < -0.4 is 10.1 Å². The summed E-state index contributed by atoms with van der Waals surface area (Å²) in [5.41, 5.74) is -0.807. The molecule has 1 amide bonds. The molecule has 9 heteroatoms. The number of ether oxygens (including phenoxy) is 1. The number of halogens is 4. The minimum atomic E-state index is -4.74. The minimum absolute atomic E-state index is 0.0815. The topological polar surface area (TPSA) is 56.2 Å². The molecule has 5 nitrogen and oxygen atoms in total. The normalized spacial score (nSPS) is 11.3. The van der Waals surface area contributed by atoms with Crippen molar-refractivity contribution in [2.75, 3.05) is 7.11 Å². The van der Waals surface area contributed by atoms with E-state index in [1.807, 2.05) is 6.07 Å². The Morgan fingerprint density at radius 3 is 2.54 bits per heavy atom. The number of carbonyl (C=O) groups excluding carboxylic acids is 1. The van der Waals surface area contributed by atoms with Gasteiger partial charge in [0.1, 0.15) is 5.82 Å². The number of benzene rings is 2. The summed E-state index contributed by atoms with van der Waals surface area (Å²) >= 11 is 0. The number of hydrogen-bond donors (Lipinski definition) is 1. The van der Waals surface area contributed by atoms with Crippen molar-refractivity contribution in [3.63, 3.8) is 0 Å². The first-order chi connectivity index (χ1) is 13.3. The van der Waals surface area contributed by atoms with Gasteiger partial charge in [0.2, 0.25) is 0 Å². The lowest BCUT2D eigenvalue weighted by Crippen LogP contribution is -2.25. The van der Waals surface area contributed by atoms with Gasteiger partial charge < -0.3 is 10.1 Å². The van der Waals surface area contributed by atoms with Crippen molar-refractivity contribution >= 4 is 5.91 Å². The number of aromatic nitrogens is 2. The van der Waals surface area contributed by atoms with E-state index in [0.717, 1.165) is 12.1 Å². The number of nitrogens with zero attached hydrogens (tertiary/aromatic N) is 2.